The molecule has 142 valence electrons. The molecule has 0 spiro atoms. The maximum atomic E-state index is 13.1. The molecule has 0 bridgehead atoms. The first-order chi connectivity index (χ1) is 12.9. The van der Waals surface area contributed by atoms with E-state index in [2.05, 4.69) is 10.6 Å². The number of fused-ring (bicyclic) bond motifs is 1. The number of nitrogens with zero attached hydrogens (tertiary/aromatic N) is 1. The van der Waals surface area contributed by atoms with Gasteiger partial charge in [-0.25, -0.2) is 4.79 Å². The van der Waals surface area contributed by atoms with Crippen LogP contribution in [0.3, 0.4) is 0 Å². The Labute approximate surface area is 160 Å². The van der Waals surface area contributed by atoms with E-state index in [0.717, 1.165) is 28.9 Å². The lowest BCUT2D eigenvalue weighted by Crippen LogP contribution is -2.52. The number of anilines is 2. The van der Waals surface area contributed by atoms with Crippen LogP contribution in [0.2, 0.25) is 0 Å². The predicted molar refractivity (Wildman–Crippen MR) is 109 cm³/mol. The fraction of sp³-hybridized carbons (Fsp3) is 0.364. The van der Waals surface area contributed by atoms with Gasteiger partial charge in [-0.15, -0.1) is 0 Å². The van der Waals surface area contributed by atoms with Gasteiger partial charge < -0.3 is 15.5 Å². The number of hydrogen-bond donors (Lipinski definition) is 2. The molecule has 3 amide bonds. The van der Waals surface area contributed by atoms with E-state index in [1.165, 1.54) is 5.56 Å². The minimum Gasteiger partial charge on any atom is -0.326 e. The highest BCUT2D eigenvalue weighted by Gasteiger charge is 2.32. The van der Waals surface area contributed by atoms with Crippen LogP contribution < -0.4 is 15.5 Å². The van der Waals surface area contributed by atoms with Gasteiger partial charge in [0, 0.05) is 17.9 Å². The molecule has 1 heterocycles. The molecule has 2 aromatic carbocycles. The van der Waals surface area contributed by atoms with E-state index in [1.54, 1.807) is 4.90 Å². The molecule has 0 saturated carbocycles. The molecule has 1 atom stereocenters. The Morgan fingerprint density at radius 1 is 1.04 bits per heavy atom. The molecule has 5 nitrogen and oxygen atoms in total. The van der Waals surface area contributed by atoms with Crippen molar-refractivity contribution in [2.24, 2.45) is 5.92 Å². The smallest absolute Gasteiger partial charge is 0.319 e. The summed E-state index contributed by atoms with van der Waals surface area (Å²) in [6.07, 6.45) is 0.849. The first kappa shape index (κ1) is 19.0. The Morgan fingerprint density at radius 3 is 2.52 bits per heavy atom. The van der Waals surface area contributed by atoms with Gasteiger partial charge in [0.2, 0.25) is 5.91 Å². The average Bonchev–Trinajstić information content (AvgIpc) is 3.07. The summed E-state index contributed by atoms with van der Waals surface area (Å²) in [6.45, 7) is 8.52. The Morgan fingerprint density at radius 2 is 1.78 bits per heavy atom. The Hall–Kier alpha value is -2.82. The lowest BCUT2D eigenvalue weighted by Gasteiger charge is -2.27. The number of carbonyl (C=O) groups is 2. The second kappa shape index (κ2) is 7.82. The van der Waals surface area contributed by atoms with Gasteiger partial charge in [-0.05, 0) is 55.0 Å². The summed E-state index contributed by atoms with van der Waals surface area (Å²) < 4.78 is 0. The van der Waals surface area contributed by atoms with E-state index < -0.39 is 6.04 Å². The number of para-hydroxylation sites is 1. The van der Waals surface area contributed by atoms with Crippen LogP contribution in [0.5, 0.6) is 0 Å². The summed E-state index contributed by atoms with van der Waals surface area (Å²) >= 11 is 0. The zero-order valence-corrected chi connectivity index (χ0v) is 16.4. The molecule has 0 saturated heterocycles. The number of aryl methyl sites for hydroxylation is 1. The molecule has 0 fully saturated rings. The van der Waals surface area contributed by atoms with Gasteiger partial charge in [0.05, 0.1) is 0 Å². The summed E-state index contributed by atoms with van der Waals surface area (Å²) in [5.41, 5.74) is 5.01. The molecular formula is C22H27N3O2. The summed E-state index contributed by atoms with van der Waals surface area (Å²) in [4.78, 5) is 27.5. The molecule has 0 aromatic heterocycles. The third-order valence-corrected chi connectivity index (χ3v) is 5.23. The van der Waals surface area contributed by atoms with Crippen molar-refractivity contribution < 1.29 is 9.59 Å². The fourth-order valence-corrected chi connectivity index (χ4v) is 3.43. The van der Waals surface area contributed by atoms with Crippen LogP contribution in [0, 0.1) is 19.8 Å². The number of urea groups is 1. The number of amides is 3. The van der Waals surface area contributed by atoms with Gasteiger partial charge >= 0.3 is 6.03 Å². The van der Waals surface area contributed by atoms with Crippen LogP contribution in [0.1, 0.15) is 30.5 Å². The number of carbonyl (C=O) groups excluding carboxylic acids is 2. The fourth-order valence-electron chi connectivity index (χ4n) is 3.43. The molecule has 2 N–H and O–H groups in total. The molecule has 0 unspecified atom stereocenters. The van der Waals surface area contributed by atoms with Gasteiger partial charge in [0.1, 0.15) is 6.04 Å². The Kier molecular flexibility index (Phi) is 5.49. The molecule has 5 heteroatoms. The predicted octanol–water partition coefficient (Wildman–Crippen LogP) is 4.04. The first-order valence-electron chi connectivity index (χ1n) is 9.41. The zero-order chi connectivity index (χ0) is 19.6. The van der Waals surface area contributed by atoms with Crippen molar-refractivity contribution in [3.63, 3.8) is 0 Å². The van der Waals surface area contributed by atoms with E-state index in [4.69, 9.17) is 0 Å². The largest absolute Gasteiger partial charge is 0.326 e. The highest BCUT2D eigenvalue weighted by molar-refractivity contribution is 6.02. The van der Waals surface area contributed by atoms with Crippen molar-refractivity contribution in [3.8, 4) is 0 Å². The SMILES string of the molecule is Cc1cccc(NC(=O)N[C@H](C(=O)N2CCc3ccccc32)C(C)C)c1C. The van der Waals surface area contributed by atoms with Gasteiger partial charge in [-0.2, -0.15) is 0 Å². The van der Waals surface area contributed by atoms with E-state index in [-0.39, 0.29) is 17.9 Å². The maximum absolute atomic E-state index is 13.1. The third-order valence-electron chi connectivity index (χ3n) is 5.23. The molecule has 1 aliphatic rings. The van der Waals surface area contributed by atoms with Gasteiger partial charge in [0.15, 0.2) is 0 Å². The van der Waals surface area contributed by atoms with Crippen molar-refractivity contribution in [2.75, 3.05) is 16.8 Å². The lowest BCUT2D eigenvalue weighted by molar-refractivity contribution is -0.121. The van der Waals surface area contributed by atoms with Gasteiger partial charge in [-0.1, -0.05) is 44.2 Å². The molecule has 3 rings (SSSR count). The quantitative estimate of drug-likeness (QED) is 0.859. The maximum Gasteiger partial charge on any atom is 0.319 e. The van der Waals surface area contributed by atoms with Crippen LogP contribution in [0.4, 0.5) is 16.2 Å². The zero-order valence-electron chi connectivity index (χ0n) is 16.4. The summed E-state index contributed by atoms with van der Waals surface area (Å²) in [5.74, 6) is -0.0827. The Balaban J connectivity index is 1.73. The summed E-state index contributed by atoms with van der Waals surface area (Å²) in [5, 5.41) is 5.76. The van der Waals surface area contributed by atoms with Crippen molar-refractivity contribution in [3.05, 3.63) is 59.2 Å². The molecule has 0 radical (unpaired) electrons. The van der Waals surface area contributed by atoms with Crippen molar-refractivity contribution in [1.29, 1.82) is 0 Å². The van der Waals surface area contributed by atoms with Crippen LogP contribution >= 0.6 is 0 Å². The first-order valence-corrected chi connectivity index (χ1v) is 9.41. The van der Waals surface area contributed by atoms with E-state index in [1.807, 2.05) is 70.2 Å². The second-order valence-corrected chi connectivity index (χ2v) is 7.44. The minimum absolute atomic E-state index is 0.0189. The van der Waals surface area contributed by atoms with Crippen LogP contribution in [-0.4, -0.2) is 24.5 Å². The van der Waals surface area contributed by atoms with E-state index in [0.29, 0.717) is 6.54 Å². The minimum atomic E-state index is -0.582. The molecule has 2 aromatic rings. The van der Waals surface area contributed by atoms with Gasteiger partial charge in [0.25, 0.3) is 0 Å². The molecule has 27 heavy (non-hydrogen) atoms. The average molecular weight is 365 g/mol. The summed E-state index contributed by atoms with van der Waals surface area (Å²) in [7, 11) is 0. The van der Waals surface area contributed by atoms with Crippen molar-refractivity contribution in [1.82, 2.24) is 5.32 Å². The standard InChI is InChI=1S/C22H27N3O2/c1-14(2)20(21(26)25-13-12-17-9-5-6-11-19(17)25)24-22(27)23-18-10-7-8-15(3)16(18)4/h5-11,14,20H,12-13H2,1-4H3,(H2,23,24,27)/t20-/m0/s1. The molecule has 0 aliphatic carbocycles. The highest BCUT2D eigenvalue weighted by atomic mass is 16.2. The second-order valence-electron chi connectivity index (χ2n) is 7.44. The number of rotatable bonds is 4. The van der Waals surface area contributed by atoms with Crippen molar-refractivity contribution >= 4 is 23.3 Å². The molecule has 1 aliphatic heterocycles. The normalized spacial score (nSPS) is 14.0. The number of nitrogens with one attached hydrogen (secondary N) is 2. The number of hydrogen-bond acceptors (Lipinski definition) is 2. The van der Waals surface area contributed by atoms with E-state index in [9.17, 15) is 9.59 Å². The monoisotopic (exact) mass is 365 g/mol. The summed E-state index contributed by atoms with van der Waals surface area (Å²) in [6, 6.07) is 12.8. The van der Waals surface area contributed by atoms with Crippen molar-refractivity contribution in [2.45, 2.75) is 40.2 Å². The third kappa shape index (κ3) is 3.97. The highest BCUT2D eigenvalue weighted by Crippen LogP contribution is 2.28. The Bertz CT molecular complexity index is 860. The topological polar surface area (TPSA) is 61.4 Å². The lowest BCUT2D eigenvalue weighted by atomic mass is 10.0. The van der Waals surface area contributed by atoms with Crippen LogP contribution in [0.15, 0.2) is 42.5 Å². The van der Waals surface area contributed by atoms with Crippen LogP contribution in [-0.2, 0) is 11.2 Å². The van der Waals surface area contributed by atoms with Gasteiger partial charge in [-0.3, -0.25) is 4.79 Å². The van der Waals surface area contributed by atoms with E-state index >= 15 is 0 Å². The van der Waals surface area contributed by atoms with Crippen LogP contribution in [0.25, 0.3) is 0 Å². The molecular weight excluding hydrogens is 338 g/mol. The number of benzene rings is 2.